The lowest BCUT2D eigenvalue weighted by Crippen LogP contribution is -2.29. The molecule has 1 amide bonds. The van der Waals surface area contributed by atoms with Crippen LogP contribution in [-0.4, -0.2) is 17.8 Å². The zero-order valence-corrected chi connectivity index (χ0v) is 11.0. The molecule has 0 aromatic heterocycles. The Bertz CT molecular complexity index is 381. The van der Waals surface area contributed by atoms with Crippen LogP contribution in [0.1, 0.15) is 22.8 Å². The normalized spacial score (nSPS) is 12.2. The van der Waals surface area contributed by atoms with Crippen LogP contribution in [0.3, 0.4) is 0 Å². The molecule has 16 heavy (non-hydrogen) atoms. The van der Waals surface area contributed by atoms with Gasteiger partial charge in [-0.15, -0.1) is 0 Å². The van der Waals surface area contributed by atoms with Gasteiger partial charge in [-0.1, -0.05) is 28.9 Å². The monoisotopic (exact) mass is 287 g/mol. The highest BCUT2D eigenvalue weighted by Gasteiger charge is 2.11. The Balaban J connectivity index is 2.66. The smallest absolute Gasteiger partial charge is 0.254 e. The number of amides is 1. The van der Waals surface area contributed by atoms with E-state index in [4.69, 9.17) is 0 Å². The second-order valence-corrected chi connectivity index (χ2v) is 4.60. The van der Waals surface area contributed by atoms with Crippen LogP contribution in [0.4, 0.5) is 4.39 Å². The molecule has 4 heteroatoms. The van der Waals surface area contributed by atoms with Gasteiger partial charge in [-0.25, -0.2) is 4.39 Å². The largest absolute Gasteiger partial charge is 0.352 e. The molecule has 0 radical (unpaired) electrons. The molecule has 1 rings (SSSR count). The lowest BCUT2D eigenvalue weighted by molar-refractivity contribution is 0.0945. The average Bonchev–Trinajstić information content (AvgIpc) is 2.25. The van der Waals surface area contributed by atoms with Crippen LogP contribution in [-0.2, 0) is 0 Å². The summed E-state index contributed by atoms with van der Waals surface area (Å²) in [5, 5.41) is 3.51. The summed E-state index contributed by atoms with van der Waals surface area (Å²) in [6.07, 6.45) is 0. The molecule has 88 valence electrons. The van der Waals surface area contributed by atoms with Gasteiger partial charge in [0, 0.05) is 11.9 Å². The summed E-state index contributed by atoms with van der Waals surface area (Å²) in [4.78, 5) is 11.6. The number of alkyl halides is 1. The van der Waals surface area contributed by atoms with Crippen molar-refractivity contribution in [2.45, 2.75) is 13.8 Å². The lowest BCUT2D eigenvalue weighted by atomic mass is 10.1. The van der Waals surface area contributed by atoms with Crippen molar-refractivity contribution in [3.8, 4) is 0 Å². The van der Waals surface area contributed by atoms with Crippen LogP contribution < -0.4 is 5.32 Å². The minimum Gasteiger partial charge on any atom is -0.352 e. The van der Waals surface area contributed by atoms with Gasteiger partial charge in [0.2, 0.25) is 0 Å². The van der Waals surface area contributed by atoms with Gasteiger partial charge in [0.05, 0.1) is 5.56 Å². The zero-order chi connectivity index (χ0) is 12.1. The third-order valence-electron chi connectivity index (χ3n) is 2.24. The van der Waals surface area contributed by atoms with Crippen molar-refractivity contribution in [1.29, 1.82) is 0 Å². The first-order chi connectivity index (χ1) is 7.54. The second kappa shape index (κ2) is 5.99. The molecule has 0 aliphatic carbocycles. The van der Waals surface area contributed by atoms with Crippen molar-refractivity contribution in [3.05, 3.63) is 35.1 Å². The molecular formula is C12H15BrFNO. The quantitative estimate of drug-likeness (QED) is 0.848. The number of carbonyl (C=O) groups is 1. The van der Waals surface area contributed by atoms with Crippen LogP contribution in [0.25, 0.3) is 0 Å². The fourth-order valence-electron chi connectivity index (χ4n) is 1.22. The van der Waals surface area contributed by atoms with E-state index in [1.165, 1.54) is 12.1 Å². The summed E-state index contributed by atoms with van der Waals surface area (Å²) in [5.41, 5.74) is 0.912. The molecule has 1 aromatic carbocycles. The molecule has 1 atom stereocenters. The molecule has 0 aliphatic heterocycles. The molecule has 0 heterocycles. The van der Waals surface area contributed by atoms with Crippen molar-refractivity contribution >= 4 is 21.8 Å². The molecule has 2 nitrogen and oxygen atoms in total. The molecular weight excluding hydrogens is 273 g/mol. The van der Waals surface area contributed by atoms with Gasteiger partial charge in [-0.05, 0) is 30.5 Å². The first-order valence-corrected chi connectivity index (χ1v) is 6.27. The molecule has 0 saturated carbocycles. The van der Waals surface area contributed by atoms with E-state index in [1.807, 2.05) is 6.92 Å². The molecule has 0 bridgehead atoms. The second-order valence-electron chi connectivity index (χ2n) is 3.95. The zero-order valence-electron chi connectivity index (χ0n) is 9.39. The number of carbonyl (C=O) groups excluding carboxylic acids is 1. The summed E-state index contributed by atoms with van der Waals surface area (Å²) in [6, 6.07) is 4.60. The predicted molar refractivity (Wildman–Crippen MR) is 66.4 cm³/mol. The van der Waals surface area contributed by atoms with Gasteiger partial charge in [0.15, 0.2) is 0 Å². The van der Waals surface area contributed by atoms with E-state index < -0.39 is 5.82 Å². The highest BCUT2D eigenvalue weighted by molar-refractivity contribution is 9.09. The van der Waals surface area contributed by atoms with Gasteiger partial charge in [0.25, 0.3) is 5.91 Å². The summed E-state index contributed by atoms with van der Waals surface area (Å²) in [5.74, 6) is -0.494. The Kier molecular flexibility index (Phi) is 4.93. The summed E-state index contributed by atoms with van der Waals surface area (Å²) in [7, 11) is 0. The minimum atomic E-state index is -0.469. The van der Waals surface area contributed by atoms with Crippen molar-refractivity contribution in [2.75, 3.05) is 11.9 Å². The number of hydrogen-bond acceptors (Lipinski definition) is 1. The maximum Gasteiger partial charge on any atom is 0.254 e. The SMILES string of the molecule is Cc1ccc(C(=O)NCC(C)CBr)c(F)c1. The molecule has 1 unspecified atom stereocenters. The molecule has 0 fully saturated rings. The fraction of sp³-hybridized carbons (Fsp3) is 0.417. The predicted octanol–water partition coefficient (Wildman–Crippen LogP) is 2.89. The van der Waals surface area contributed by atoms with E-state index >= 15 is 0 Å². The Morgan fingerprint density at radius 3 is 2.81 bits per heavy atom. The Labute approximate surface area is 103 Å². The van der Waals surface area contributed by atoms with Gasteiger partial charge in [0.1, 0.15) is 5.82 Å². The average molecular weight is 288 g/mol. The Hall–Kier alpha value is -0.900. The third kappa shape index (κ3) is 3.59. The van der Waals surface area contributed by atoms with Crippen LogP contribution in [0.15, 0.2) is 18.2 Å². The number of halogens is 2. The van der Waals surface area contributed by atoms with Crippen molar-refractivity contribution in [2.24, 2.45) is 5.92 Å². The standard InChI is InChI=1S/C12H15BrFNO/c1-8-3-4-10(11(14)5-8)12(16)15-7-9(2)6-13/h3-5,9H,6-7H2,1-2H3,(H,15,16). The maximum atomic E-state index is 13.4. The summed E-state index contributed by atoms with van der Waals surface area (Å²) < 4.78 is 13.4. The van der Waals surface area contributed by atoms with E-state index in [0.717, 1.165) is 10.9 Å². The van der Waals surface area contributed by atoms with Crippen molar-refractivity contribution in [3.63, 3.8) is 0 Å². The Morgan fingerprint density at radius 1 is 1.56 bits per heavy atom. The first kappa shape index (κ1) is 13.2. The number of aryl methyl sites for hydroxylation is 1. The maximum absolute atomic E-state index is 13.4. The van der Waals surface area contributed by atoms with Crippen LogP contribution in [0.2, 0.25) is 0 Å². The summed E-state index contributed by atoms with van der Waals surface area (Å²) in [6.45, 7) is 4.33. The fourth-order valence-corrected chi connectivity index (χ4v) is 1.45. The van der Waals surface area contributed by atoms with Crippen molar-refractivity contribution in [1.82, 2.24) is 5.32 Å². The first-order valence-electron chi connectivity index (χ1n) is 5.15. The van der Waals surface area contributed by atoms with E-state index in [0.29, 0.717) is 12.5 Å². The lowest BCUT2D eigenvalue weighted by Gasteiger charge is -2.10. The number of benzene rings is 1. The van der Waals surface area contributed by atoms with Crippen molar-refractivity contribution < 1.29 is 9.18 Å². The van der Waals surface area contributed by atoms with Gasteiger partial charge in [-0.2, -0.15) is 0 Å². The van der Waals surface area contributed by atoms with Crippen LogP contribution in [0.5, 0.6) is 0 Å². The summed E-state index contributed by atoms with van der Waals surface area (Å²) >= 11 is 3.32. The minimum absolute atomic E-state index is 0.104. The third-order valence-corrected chi connectivity index (χ3v) is 3.35. The van der Waals surface area contributed by atoms with E-state index in [9.17, 15) is 9.18 Å². The highest BCUT2D eigenvalue weighted by Crippen LogP contribution is 2.09. The van der Waals surface area contributed by atoms with Gasteiger partial charge in [-0.3, -0.25) is 4.79 Å². The number of hydrogen-bond donors (Lipinski definition) is 1. The van der Waals surface area contributed by atoms with Gasteiger partial charge >= 0.3 is 0 Å². The highest BCUT2D eigenvalue weighted by atomic mass is 79.9. The van der Waals surface area contributed by atoms with Crippen LogP contribution in [0, 0.1) is 18.7 Å². The number of nitrogens with one attached hydrogen (secondary N) is 1. The number of rotatable bonds is 4. The molecule has 0 saturated heterocycles. The van der Waals surface area contributed by atoms with E-state index in [-0.39, 0.29) is 11.5 Å². The molecule has 0 spiro atoms. The molecule has 0 aliphatic rings. The van der Waals surface area contributed by atoms with E-state index in [2.05, 4.69) is 21.2 Å². The topological polar surface area (TPSA) is 29.1 Å². The Morgan fingerprint density at radius 2 is 2.25 bits per heavy atom. The molecule has 1 aromatic rings. The van der Waals surface area contributed by atoms with Crippen LogP contribution >= 0.6 is 15.9 Å². The van der Waals surface area contributed by atoms with E-state index in [1.54, 1.807) is 13.0 Å². The molecule has 1 N–H and O–H groups in total. The van der Waals surface area contributed by atoms with Gasteiger partial charge < -0.3 is 5.32 Å².